The predicted octanol–water partition coefficient (Wildman–Crippen LogP) is 4.36. The molecule has 96 valence electrons. The second-order valence-corrected chi connectivity index (χ2v) is 3.97. The first-order valence-corrected chi connectivity index (χ1v) is 5.61. The number of halogens is 4. The zero-order chi connectivity index (χ0) is 13.3. The lowest BCUT2D eigenvalue weighted by Gasteiger charge is -2.08. The second-order valence-electron chi connectivity index (χ2n) is 3.56. The Labute approximate surface area is 106 Å². The summed E-state index contributed by atoms with van der Waals surface area (Å²) >= 11 is 5.88. The lowest BCUT2D eigenvalue weighted by molar-refractivity contribution is 0.146. The summed E-state index contributed by atoms with van der Waals surface area (Å²) in [6, 6.07) is 3.47. The number of fused-ring (bicyclic) bond motifs is 1. The molecule has 0 radical (unpaired) electrons. The van der Waals surface area contributed by atoms with Crippen molar-refractivity contribution in [2.75, 3.05) is 6.61 Å². The van der Waals surface area contributed by atoms with Gasteiger partial charge in [-0.3, -0.25) is 0 Å². The van der Waals surface area contributed by atoms with Crippen molar-refractivity contribution < 1.29 is 17.9 Å². The van der Waals surface area contributed by atoms with Gasteiger partial charge in [-0.1, -0.05) is 11.6 Å². The van der Waals surface area contributed by atoms with Gasteiger partial charge < -0.3 is 4.74 Å². The SMILES string of the molecule is CCOc1cc2c(Cl)cc(C(F)F)nc2cc1F. The second kappa shape index (κ2) is 5.02. The third kappa shape index (κ3) is 2.36. The molecule has 0 saturated heterocycles. The van der Waals surface area contributed by atoms with Gasteiger partial charge in [0.1, 0.15) is 5.69 Å². The smallest absolute Gasteiger partial charge is 0.280 e. The molecule has 0 amide bonds. The molecule has 2 nitrogen and oxygen atoms in total. The zero-order valence-corrected chi connectivity index (χ0v) is 10.1. The first-order valence-electron chi connectivity index (χ1n) is 5.23. The van der Waals surface area contributed by atoms with Crippen LogP contribution in [-0.4, -0.2) is 11.6 Å². The lowest BCUT2D eigenvalue weighted by atomic mass is 10.2. The Morgan fingerprint density at radius 2 is 2.06 bits per heavy atom. The van der Waals surface area contributed by atoms with Crippen LogP contribution in [0.2, 0.25) is 5.02 Å². The van der Waals surface area contributed by atoms with Crippen LogP contribution >= 0.6 is 11.6 Å². The van der Waals surface area contributed by atoms with Crippen molar-refractivity contribution in [3.05, 3.63) is 34.7 Å². The zero-order valence-electron chi connectivity index (χ0n) is 9.38. The van der Waals surface area contributed by atoms with Crippen molar-refractivity contribution in [3.63, 3.8) is 0 Å². The lowest BCUT2D eigenvalue weighted by Crippen LogP contribution is -1.97. The monoisotopic (exact) mass is 275 g/mol. The third-order valence-electron chi connectivity index (χ3n) is 2.36. The van der Waals surface area contributed by atoms with Gasteiger partial charge in [-0.15, -0.1) is 0 Å². The summed E-state index contributed by atoms with van der Waals surface area (Å²) in [7, 11) is 0. The van der Waals surface area contributed by atoms with Gasteiger partial charge in [0.15, 0.2) is 11.6 Å². The summed E-state index contributed by atoms with van der Waals surface area (Å²) in [5.41, 5.74) is -0.394. The maximum Gasteiger partial charge on any atom is 0.280 e. The molecule has 1 heterocycles. The quantitative estimate of drug-likeness (QED) is 0.830. The number of aromatic nitrogens is 1. The molecule has 0 aliphatic carbocycles. The highest BCUT2D eigenvalue weighted by atomic mass is 35.5. The number of ether oxygens (including phenoxy) is 1. The predicted molar refractivity (Wildman–Crippen MR) is 62.8 cm³/mol. The molecule has 0 N–H and O–H groups in total. The maximum atomic E-state index is 13.6. The largest absolute Gasteiger partial charge is 0.491 e. The fourth-order valence-electron chi connectivity index (χ4n) is 1.58. The van der Waals surface area contributed by atoms with Crippen LogP contribution in [0.3, 0.4) is 0 Å². The van der Waals surface area contributed by atoms with Crippen molar-refractivity contribution in [3.8, 4) is 5.75 Å². The Morgan fingerprint density at radius 1 is 1.33 bits per heavy atom. The molecular weight excluding hydrogens is 267 g/mol. The number of hydrogen-bond acceptors (Lipinski definition) is 2. The van der Waals surface area contributed by atoms with E-state index in [0.717, 1.165) is 12.1 Å². The van der Waals surface area contributed by atoms with Gasteiger partial charge in [-0.05, 0) is 19.1 Å². The molecule has 1 aromatic carbocycles. The van der Waals surface area contributed by atoms with Gasteiger partial charge in [0.2, 0.25) is 0 Å². The highest BCUT2D eigenvalue weighted by Gasteiger charge is 2.15. The summed E-state index contributed by atoms with van der Waals surface area (Å²) in [4.78, 5) is 3.67. The Bertz CT molecular complexity index is 589. The topological polar surface area (TPSA) is 22.1 Å². The Hall–Kier alpha value is -1.49. The molecule has 0 saturated carbocycles. The molecule has 6 heteroatoms. The minimum absolute atomic E-state index is 0.0264. The minimum Gasteiger partial charge on any atom is -0.491 e. The maximum absolute atomic E-state index is 13.6. The summed E-state index contributed by atoms with van der Waals surface area (Å²) in [6.07, 6.45) is -2.75. The first-order chi connectivity index (χ1) is 8.52. The molecule has 2 rings (SSSR count). The van der Waals surface area contributed by atoms with Crippen molar-refractivity contribution in [1.82, 2.24) is 4.98 Å². The van der Waals surface area contributed by atoms with Crippen molar-refractivity contribution in [1.29, 1.82) is 0 Å². The molecule has 18 heavy (non-hydrogen) atoms. The van der Waals surface area contributed by atoms with Gasteiger partial charge in [0, 0.05) is 11.5 Å². The number of alkyl halides is 2. The average molecular weight is 276 g/mol. The van der Waals surface area contributed by atoms with Crippen molar-refractivity contribution in [2.24, 2.45) is 0 Å². The van der Waals surface area contributed by atoms with Gasteiger partial charge in [0.05, 0.1) is 17.1 Å². The van der Waals surface area contributed by atoms with Crippen LogP contribution in [0.4, 0.5) is 13.2 Å². The highest BCUT2D eigenvalue weighted by molar-refractivity contribution is 6.35. The Kier molecular flexibility index (Phi) is 3.61. The molecule has 2 aromatic rings. The van der Waals surface area contributed by atoms with Crippen molar-refractivity contribution in [2.45, 2.75) is 13.3 Å². The van der Waals surface area contributed by atoms with Crippen LogP contribution in [0.1, 0.15) is 19.0 Å². The van der Waals surface area contributed by atoms with E-state index >= 15 is 0 Å². The van der Waals surface area contributed by atoms with E-state index in [1.54, 1.807) is 6.92 Å². The van der Waals surface area contributed by atoms with Gasteiger partial charge in [-0.2, -0.15) is 0 Å². The molecule has 0 spiro atoms. The van der Waals surface area contributed by atoms with E-state index in [4.69, 9.17) is 16.3 Å². The van der Waals surface area contributed by atoms with Gasteiger partial charge in [0.25, 0.3) is 6.43 Å². The standard InChI is InChI=1S/C12H9ClF3NO/c1-2-18-11-3-6-7(13)4-10(12(15)16)17-9(6)5-8(11)14/h3-5,12H,2H2,1H3. The normalized spacial score (nSPS) is 11.2. The molecule has 1 aromatic heterocycles. The van der Waals surface area contributed by atoms with Gasteiger partial charge in [-0.25, -0.2) is 18.2 Å². The molecule has 0 aliphatic heterocycles. The summed E-state index contributed by atoms with van der Waals surface area (Å²) in [5.74, 6) is -0.627. The van der Waals surface area contributed by atoms with E-state index < -0.39 is 17.9 Å². The Balaban J connectivity index is 2.65. The van der Waals surface area contributed by atoms with E-state index in [0.29, 0.717) is 12.0 Å². The fraction of sp³-hybridized carbons (Fsp3) is 0.250. The molecule has 0 fully saturated rings. The molecule has 0 atom stereocenters. The molecular formula is C12H9ClF3NO. The van der Waals surface area contributed by atoms with Crippen LogP contribution in [-0.2, 0) is 0 Å². The minimum atomic E-state index is -2.75. The fourth-order valence-corrected chi connectivity index (χ4v) is 1.85. The van der Waals surface area contributed by atoms with E-state index in [9.17, 15) is 13.2 Å². The highest BCUT2D eigenvalue weighted by Crippen LogP contribution is 2.31. The summed E-state index contributed by atoms with van der Waals surface area (Å²) in [6.45, 7) is 2.01. The molecule has 0 unspecified atom stereocenters. The first kappa shape index (κ1) is 13.0. The number of rotatable bonds is 3. The van der Waals surface area contributed by atoms with Gasteiger partial charge >= 0.3 is 0 Å². The molecule has 0 bridgehead atoms. The number of hydrogen-bond donors (Lipinski definition) is 0. The number of pyridine rings is 1. The van der Waals surface area contributed by atoms with Crippen LogP contribution in [0.5, 0.6) is 5.75 Å². The van der Waals surface area contributed by atoms with E-state index in [-0.39, 0.29) is 16.3 Å². The van der Waals surface area contributed by atoms with Crippen molar-refractivity contribution >= 4 is 22.5 Å². The van der Waals surface area contributed by atoms with E-state index in [1.807, 2.05) is 0 Å². The Morgan fingerprint density at radius 3 is 2.67 bits per heavy atom. The average Bonchev–Trinajstić information content (AvgIpc) is 2.30. The number of nitrogens with zero attached hydrogens (tertiary/aromatic N) is 1. The van der Waals surface area contributed by atoms with Crippen LogP contribution in [0.15, 0.2) is 18.2 Å². The summed E-state index contributed by atoms with van der Waals surface area (Å²) < 4.78 is 43.7. The third-order valence-corrected chi connectivity index (χ3v) is 2.67. The van der Waals surface area contributed by atoms with Crippen LogP contribution < -0.4 is 4.74 Å². The summed E-state index contributed by atoms with van der Waals surface area (Å²) in [5, 5.41) is 0.474. The molecule has 0 aliphatic rings. The van der Waals surface area contributed by atoms with Crippen LogP contribution in [0.25, 0.3) is 10.9 Å². The van der Waals surface area contributed by atoms with E-state index in [1.165, 1.54) is 6.07 Å². The van der Waals surface area contributed by atoms with Crippen LogP contribution in [0, 0.1) is 5.82 Å². The number of benzene rings is 1. The van der Waals surface area contributed by atoms with E-state index in [2.05, 4.69) is 4.98 Å².